The molecule has 0 bridgehead atoms. The van der Waals surface area contributed by atoms with Gasteiger partial charge in [0.2, 0.25) is 17.6 Å². The Bertz CT molecular complexity index is 689. The van der Waals surface area contributed by atoms with E-state index in [9.17, 15) is 4.79 Å². The minimum Gasteiger partial charge on any atom is -0.368 e. The van der Waals surface area contributed by atoms with Gasteiger partial charge < -0.3 is 10.3 Å². The van der Waals surface area contributed by atoms with Crippen LogP contribution in [0.3, 0.4) is 0 Å². The lowest BCUT2D eigenvalue weighted by molar-refractivity contribution is -0.123. The lowest BCUT2D eigenvalue weighted by Gasteiger charge is -2.36. The SMILES string of the molecule is Cc1ccc(-c2noc(CN3CCN([C@H](C)C(N)=O)CC3)n2)cc1. The normalized spacial score (nSPS) is 17.8. The van der Waals surface area contributed by atoms with E-state index in [-0.39, 0.29) is 11.9 Å². The molecule has 7 heteroatoms. The Balaban J connectivity index is 1.56. The summed E-state index contributed by atoms with van der Waals surface area (Å²) in [6.07, 6.45) is 0. The molecule has 0 saturated carbocycles. The van der Waals surface area contributed by atoms with Crippen molar-refractivity contribution in [2.75, 3.05) is 26.2 Å². The summed E-state index contributed by atoms with van der Waals surface area (Å²) in [5.74, 6) is 0.955. The second-order valence-corrected chi connectivity index (χ2v) is 6.27. The van der Waals surface area contributed by atoms with E-state index >= 15 is 0 Å². The minimum absolute atomic E-state index is 0.219. The van der Waals surface area contributed by atoms with Crippen molar-refractivity contribution >= 4 is 5.91 Å². The van der Waals surface area contributed by atoms with E-state index < -0.39 is 0 Å². The van der Waals surface area contributed by atoms with Gasteiger partial charge in [-0.2, -0.15) is 4.98 Å². The molecule has 0 spiro atoms. The van der Waals surface area contributed by atoms with Crippen LogP contribution in [0.2, 0.25) is 0 Å². The average Bonchev–Trinajstić information content (AvgIpc) is 3.04. The van der Waals surface area contributed by atoms with Crippen molar-refractivity contribution in [1.82, 2.24) is 19.9 Å². The first kappa shape index (κ1) is 16.6. The topological polar surface area (TPSA) is 88.5 Å². The molecule has 0 unspecified atom stereocenters. The second kappa shape index (κ2) is 7.11. The standard InChI is InChI=1S/C17H23N5O2/c1-12-3-5-14(6-4-12)17-19-15(24-20-17)11-21-7-9-22(10-8-21)13(2)16(18)23/h3-6,13H,7-11H2,1-2H3,(H2,18,23)/t13-/m1/s1. The Morgan fingerprint density at radius 1 is 1.25 bits per heavy atom. The highest BCUT2D eigenvalue weighted by molar-refractivity contribution is 5.79. The number of aryl methyl sites for hydroxylation is 1. The van der Waals surface area contributed by atoms with E-state index in [2.05, 4.69) is 19.9 Å². The molecule has 3 rings (SSSR count). The van der Waals surface area contributed by atoms with Gasteiger partial charge in [0.25, 0.3) is 0 Å². The van der Waals surface area contributed by atoms with Crippen LogP contribution in [0.25, 0.3) is 11.4 Å². The van der Waals surface area contributed by atoms with Crippen molar-refractivity contribution < 1.29 is 9.32 Å². The Hall–Kier alpha value is -2.25. The predicted molar refractivity (Wildman–Crippen MR) is 90.0 cm³/mol. The van der Waals surface area contributed by atoms with Crippen molar-refractivity contribution in [3.05, 3.63) is 35.7 Å². The number of benzene rings is 1. The van der Waals surface area contributed by atoms with E-state index in [1.165, 1.54) is 5.56 Å². The van der Waals surface area contributed by atoms with Gasteiger partial charge in [-0.15, -0.1) is 0 Å². The zero-order valence-electron chi connectivity index (χ0n) is 14.1. The van der Waals surface area contributed by atoms with Gasteiger partial charge in [0.15, 0.2) is 0 Å². The molecule has 7 nitrogen and oxygen atoms in total. The van der Waals surface area contributed by atoms with Crippen LogP contribution in [0.5, 0.6) is 0 Å². The van der Waals surface area contributed by atoms with Crippen molar-refractivity contribution in [3.8, 4) is 11.4 Å². The number of amides is 1. The quantitative estimate of drug-likeness (QED) is 0.881. The second-order valence-electron chi connectivity index (χ2n) is 6.27. The predicted octanol–water partition coefficient (Wildman–Crippen LogP) is 1.04. The van der Waals surface area contributed by atoms with Crippen LogP contribution >= 0.6 is 0 Å². The maximum Gasteiger partial charge on any atom is 0.241 e. The van der Waals surface area contributed by atoms with Gasteiger partial charge in [-0.25, -0.2) is 0 Å². The lowest BCUT2D eigenvalue weighted by Crippen LogP contribution is -2.52. The van der Waals surface area contributed by atoms with Crippen LogP contribution in [0.4, 0.5) is 0 Å². The molecule has 1 aromatic carbocycles. The van der Waals surface area contributed by atoms with Gasteiger partial charge >= 0.3 is 0 Å². The van der Waals surface area contributed by atoms with E-state index in [1.807, 2.05) is 38.1 Å². The van der Waals surface area contributed by atoms with Crippen LogP contribution in [0.15, 0.2) is 28.8 Å². The molecule has 2 N–H and O–H groups in total. The maximum absolute atomic E-state index is 11.3. The summed E-state index contributed by atoms with van der Waals surface area (Å²) in [5.41, 5.74) is 7.52. The third-order valence-corrected chi connectivity index (χ3v) is 4.50. The number of piperazine rings is 1. The monoisotopic (exact) mass is 329 g/mol. The lowest BCUT2D eigenvalue weighted by atomic mass is 10.1. The molecule has 1 amide bonds. The zero-order chi connectivity index (χ0) is 17.1. The van der Waals surface area contributed by atoms with Crippen molar-refractivity contribution in [2.45, 2.75) is 26.4 Å². The third kappa shape index (κ3) is 3.80. The zero-order valence-corrected chi connectivity index (χ0v) is 14.1. The molecule has 2 aromatic rings. The summed E-state index contributed by atoms with van der Waals surface area (Å²) in [4.78, 5) is 20.1. The van der Waals surface area contributed by atoms with Crippen LogP contribution in [-0.4, -0.2) is 58.1 Å². The molecule has 128 valence electrons. The summed E-state index contributed by atoms with van der Waals surface area (Å²) in [6.45, 7) is 7.83. The average molecular weight is 329 g/mol. The molecule has 2 heterocycles. The fourth-order valence-electron chi connectivity index (χ4n) is 2.82. The third-order valence-electron chi connectivity index (χ3n) is 4.50. The molecule has 1 atom stereocenters. The Labute approximate surface area is 141 Å². The highest BCUT2D eigenvalue weighted by atomic mass is 16.5. The van der Waals surface area contributed by atoms with E-state index in [0.29, 0.717) is 18.3 Å². The Morgan fingerprint density at radius 3 is 2.54 bits per heavy atom. The van der Waals surface area contributed by atoms with Gasteiger partial charge in [-0.1, -0.05) is 35.0 Å². The molecule has 1 aliphatic rings. The molecule has 0 aliphatic carbocycles. The summed E-state index contributed by atoms with van der Waals surface area (Å²) < 4.78 is 5.37. The number of nitrogens with zero attached hydrogens (tertiary/aromatic N) is 4. The first-order chi connectivity index (χ1) is 11.5. The van der Waals surface area contributed by atoms with Crippen LogP contribution in [-0.2, 0) is 11.3 Å². The molecule has 1 fully saturated rings. The fourth-order valence-corrected chi connectivity index (χ4v) is 2.82. The highest BCUT2D eigenvalue weighted by Gasteiger charge is 2.25. The fraction of sp³-hybridized carbons (Fsp3) is 0.471. The van der Waals surface area contributed by atoms with Gasteiger partial charge in [0, 0.05) is 31.7 Å². The number of rotatable bonds is 5. The summed E-state index contributed by atoms with van der Waals surface area (Å²) >= 11 is 0. The first-order valence-electron chi connectivity index (χ1n) is 8.18. The molecule has 1 aliphatic heterocycles. The van der Waals surface area contributed by atoms with Gasteiger partial charge in [0.05, 0.1) is 12.6 Å². The molecule has 0 radical (unpaired) electrons. The molecule has 24 heavy (non-hydrogen) atoms. The van der Waals surface area contributed by atoms with Gasteiger partial charge in [-0.05, 0) is 13.8 Å². The Morgan fingerprint density at radius 2 is 1.92 bits per heavy atom. The Kier molecular flexibility index (Phi) is 4.92. The van der Waals surface area contributed by atoms with E-state index in [4.69, 9.17) is 10.3 Å². The van der Waals surface area contributed by atoms with E-state index in [0.717, 1.165) is 31.7 Å². The molecule has 1 saturated heterocycles. The summed E-state index contributed by atoms with van der Waals surface area (Å²) in [5, 5.41) is 4.06. The summed E-state index contributed by atoms with van der Waals surface area (Å²) in [7, 11) is 0. The molecular formula is C17H23N5O2. The van der Waals surface area contributed by atoms with Crippen LogP contribution in [0, 0.1) is 6.92 Å². The number of hydrogen-bond donors (Lipinski definition) is 1. The highest BCUT2D eigenvalue weighted by Crippen LogP contribution is 2.17. The van der Waals surface area contributed by atoms with Gasteiger partial charge in [0.1, 0.15) is 0 Å². The number of carbonyl (C=O) groups is 1. The maximum atomic E-state index is 11.3. The van der Waals surface area contributed by atoms with Crippen molar-refractivity contribution in [1.29, 1.82) is 0 Å². The van der Waals surface area contributed by atoms with Crippen molar-refractivity contribution in [3.63, 3.8) is 0 Å². The van der Waals surface area contributed by atoms with Crippen molar-refractivity contribution in [2.24, 2.45) is 5.73 Å². The number of carbonyl (C=O) groups excluding carboxylic acids is 1. The molecular weight excluding hydrogens is 306 g/mol. The number of aromatic nitrogens is 2. The molecule has 1 aromatic heterocycles. The number of primary amides is 1. The first-order valence-corrected chi connectivity index (χ1v) is 8.18. The smallest absolute Gasteiger partial charge is 0.241 e. The van der Waals surface area contributed by atoms with Crippen LogP contribution in [0.1, 0.15) is 18.4 Å². The minimum atomic E-state index is -0.275. The number of hydrogen-bond acceptors (Lipinski definition) is 6. The summed E-state index contributed by atoms with van der Waals surface area (Å²) in [6, 6.07) is 7.83. The largest absolute Gasteiger partial charge is 0.368 e. The van der Waals surface area contributed by atoms with Gasteiger partial charge in [-0.3, -0.25) is 14.6 Å². The number of nitrogens with two attached hydrogens (primary N) is 1. The van der Waals surface area contributed by atoms with E-state index in [1.54, 1.807) is 0 Å². The van der Waals surface area contributed by atoms with Crippen LogP contribution < -0.4 is 5.73 Å².